The van der Waals surface area contributed by atoms with Crippen LogP contribution in [0.25, 0.3) is 0 Å². The first kappa shape index (κ1) is 12.6. The maximum Gasteiger partial charge on any atom is 0.319 e. The molecule has 1 rings (SSSR count). The molecule has 0 radical (unpaired) electrons. The van der Waals surface area contributed by atoms with Crippen LogP contribution in [0, 0.1) is 0 Å². The number of amides is 2. The first-order valence-electron chi connectivity index (χ1n) is 4.94. The highest BCUT2D eigenvalue weighted by Gasteiger charge is 2.10. The zero-order valence-electron chi connectivity index (χ0n) is 9.50. The maximum absolute atomic E-state index is 11.5. The smallest absolute Gasteiger partial charge is 0.319 e. The Morgan fingerprint density at radius 3 is 2.69 bits per heavy atom. The summed E-state index contributed by atoms with van der Waals surface area (Å²) in [4.78, 5) is 11.5. The molecule has 16 heavy (non-hydrogen) atoms. The second-order valence-corrected chi connectivity index (χ2v) is 3.98. The quantitative estimate of drug-likeness (QED) is 0.856. The van der Waals surface area contributed by atoms with Crippen LogP contribution in [-0.2, 0) is 0 Å². The number of ether oxygens (including phenoxy) is 1. The molecule has 88 valence electrons. The molecule has 0 heterocycles. The monoisotopic (exact) mass is 242 g/mol. The molecule has 0 saturated carbocycles. The number of benzene rings is 1. The highest BCUT2D eigenvalue weighted by Crippen LogP contribution is 2.32. The number of para-hydroxylation sites is 1. The Balaban J connectivity index is 2.81. The molecule has 0 saturated heterocycles. The van der Waals surface area contributed by atoms with Crippen LogP contribution in [-0.4, -0.2) is 19.2 Å². The fourth-order valence-electron chi connectivity index (χ4n) is 1.24. The lowest BCUT2D eigenvalue weighted by molar-refractivity contribution is 0.250. The van der Waals surface area contributed by atoms with E-state index >= 15 is 0 Å². The van der Waals surface area contributed by atoms with E-state index in [1.54, 1.807) is 18.2 Å². The van der Waals surface area contributed by atoms with Gasteiger partial charge in [0.1, 0.15) is 0 Å². The van der Waals surface area contributed by atoms with Crippen LogP contribution in [0.4, 0.5) is 10.5 Å². The molecule has 1 aromatic carbocycles. The van der Waals surface area contributed by atoms with Gasteiger partial charge in [-0.2, -0.15) is 0 Å². The predicted molar refractivity (Wildman–Crippen MR) is 65.3 cm³/mol. The number of anilines is 1. The summed E-state index contributed by atoms with van der Waals surface area (Å²) < 4.78 is 5.11. The van der Waals surface area contributed by atoms with Crippen molar-refractivity contribution in [3.05, 3.63) is 23.2 Å². The minimum Gasteiger partial charge on any atom is -0.493 e. The molecule has 0 aliphatic carbocycles. The molecule has 0 aliphatic heterocycles. The fraction of sp³-hybridized carbons (Fsp3) is 0.364. The Hall–Kier alpha value is -1.42. The Kier molecular flexibility index (Phi) is 4.43. The van der Waals surface area contributed by atoms with Crippen molar-refractivity contribution in [1.29, 1.82) is 0 Å². The van der Waals surface area contributed by atoms with Gasteiger partial charge in [0.2, 0.25) is 0 Å². The van der Waals surface area contributed by atoms with Crippen molar-refractivity contribution in [3.63, 3.8) is 0 Å². The topological polar surface area (TPSA) is 50.4 Å². The first-order valence-corrected chi connectivity index (χ1v) is 5.32. The van der Waals surface area contributed by atoms with Gasteiger partial charge in [0.15, 0.2) is 5.75 Å². The van der Waals surface area contributed by atoms with E-state index in [2.05, 4.69) is 10.6 Å². The van der Waals surface area contributed by atoms with Gasteiger partial charge in [-0.1, -0.05) is 17.7 Å². The van der Waals surface area contributed by atoms with Gasteiger partial charge in [-0.15, -0.1) is 0 Å². The van der Waals surface area contributed by atoms with E-state index in [0.717, 1.165) is 0 Å². The third-order valence-electron chi connectivity index (χ3n) is 1.84. The van der Waals surface area contributed by atoms with Crippen LogP contribution in [0.2, 0.25) is 5.02 Å². The number of nitrogens with one attached hydrogen (secondary N) is 2. The van der Waals surface area contributed by atoms with Gasteiger partial charge < -0.3 is 15.4 Å². The minimum atomic E-state index is -0.282. The molecule has 0 aliphatic rings. The maximum atomic E-state index is 11.5. The van der Waals surface area contributed by atoms with E-state index in [0.29, 0.717) is 16.5 Å². The number of carbonyl (C=O) groups excluding carboxylic acids is 1. The van der Waals surface area contributed by atoms with Crippen LogP contribution in [0.1, 0.15) is 13.8 Å². The van der Waals surface area contributed by atoms with Crippen molar-refractivity contribution in [1.82, 2.24) is 5.32 Å². The van der Waals surface area contributed by atoms with Crippen LogP contribution < -0.4 is 15.4 Å². The SMILES string of the molecule is COc1c(Cl)cccc1NC(=O)NC(C)C. The summed E-state index contributed by atoms with van der Waals surface area (Å²) in [6.07, 6.45) is 0. The third-order valence-corrected chi connectivity index (χ3v) is 2.14. The molecule has 2 N–H and O–H groups in total. The van der Waals surface area contributed by atoms with E-state index in [1.807, 2.05) is 13.8 Å². The van der Waals surface area contributed by atoms with E-state index in [9.17, 15) is 4.79 Å². The van der Waals surface area contributed by atoms with Crippen LogP contribution in [0.5, 0.6) is 5.75 Å². The Morgan fingerprint density at radius 2 is 2.12 bits per heavy atom. The summed E-state index contributed by atoms with van der Waals surface area (Å²) in [5.41, 5.74) is 0.549. The summed E-state index contributed by atoms with van der Waals surface area (Å²) in [5.74, 6) is 0.461. The molecule has 0 aromatic heterocycles. The molecule has 2 amide bonds. The largest absolute Gasteiger partial charge is 0.493 e. The molecular formula is C11H15ClN2O2. The van der Waals surface area contributed by atoms with Gasteiger partial charge >= 0.3 is 6.03 Å². The van der Waals surface area contributed by atoms with Gasteiger partial charge in [-0.3, -0.25) is 0 Å². The molecular weight excluding hydrogens is 228 g/mol. The van der Waals surface area contributed by atoms with Crippen LogP contribution >= 0.6 is 11.6 Å². The van der Waals surface area contributed by atoms with E-state index in [1.165, 1.54) is 7.11 Å². The Bertz CT molecular complexity index is 380. The zero-order valence-corrected chi connectivity index (χ0v) is 10.3. The van der Waals surface area contributed by atoms with E-state index < -0.39 is 0 Å². The molecule has 0 fully saturated rings. The Labute approximate surface area is 99.9 Å². The van der Waals surface area contributed by atoms with Crippen molar-refractivity contribution in [3.8, 4) is 5.75 Å². The molecule has 4 nitrogen and oxygen atoms in total. The van der Waals surface area contributed by atoms with Crippen molar-refractivity contribution in [2.24, 2.45) is 0 Å². The molecule has 0 bridgehead atoms. The molecule has 0 atom stereocenters. The van der Waals surface area contributed by atoms with Crippen molar-refractivity contribution < 1.29 is 9.53 Å². The van der Waals surface area contributed by atoms with Crippen molar-refractivity contribution >= 4 is 23.3 Å². The van der Waals surface area contributed by atoms with Crippen LogP contribution in [0.3, 0.4) is 0 Å². The van der Waals surface area contributed by atoms with E-state index in [-0.39, 0.29) is 12.1 Å². The summed E-state index contributed by atoms with van der Waals surface area (Å²) >= 11 is 5.92. The minimum absolute atomic E-state index is 0.0742. The number of halogens is 1. The number of hydrogen-bond donors (Lipinski definition) is 2. The highest BCUT2D eigenvalue weighted by atomic mass is 35.5. The highest BCUT2D eigenvalue weighted by molar-refractivity contribution is 6.32. The predicted octanol–water partition coefficient (Wildman–Crippen LogP) is 2.88. The molecule has 1 aromatic rings. The van der Waals surface area contributed by atoms with Gasteiger partial charge in [-0.05, 0) is 26.0 Å². The van der Waals surface area contributed by atoms with Crippen LogP contribution in [0.15, 0.2) is 18.2 Å². The summed E-state index contributed by atoms with van der Waals surface area (Å²) in [6.45, 7) is 3.77. The van der Waals surface area contributed by atoms with Gasteiger partial charge in [0.25, 0.3) is 0 Å². The van der Waals surface area contributed by atoms with Gasteiger partial charge in [-0.25, -0.2) is 4.79 Å². The summed E-state index contributed by atoms with van der Waals surface area (Å²) in [6, 6.07) is 4.97. The number of urea groups is 1. The van der Waals surface area contributed by atoms with Gasteiger partial charge in [0, 0.05) is 6.04 Å². The zero-order chi connectivity index (χ0) is 12.1. The molecule has 0 unspecified atom stereocenters. The van der Waals surface area contributed by atoms with Gasteiger partial charge in [0.05, 0.1) is 17.8 Å². The lowest BCUT2D eigenvalue weighted by Crippen LogP contribution is -2.34. The lowest BCUT2D eigenvalue weighted by atomic mass is 10.3. The number of rotatable bonds is 3. The summed E-state index contributed by atoms with van der Waals surface area (Å²) in [7, 11) is 1.51. The lowest BCUT2D eigenvalue weighted by Gasteiger charge is -2.13. The molecule has 5 heteroatoms. The number of hydrogen-bond acceptors (Lipinski definition) is 2. The Morgan fingerprint density at radius 1 is 1.44 bits per heavy atom. The normalized spacial score (nSPS) is 10.1. The standard InChI is InChI=1S/C11H15ClN2O2/c1-7(2)13-11(15)14-9-6-4-5-8(12)10(9)16-3/h4-7H,1-3H3,(H2,13,14,15). The van der Waals surface area contributed by atoms with Crippen molar-refractivity contribution in [2.45, 2.75) is 19.9 Å². The van der Waals surface area contributed by atoms with E-state index in [4.69, 9.17) is 16.3 Å². The number of methoxy groups -OCH3 is 1. The van der Waals surface area contributed by atoms with Crippen molar-refractivity contribution in [2.75, 3.05) is 12.4 Å². The average molecular weight is 243 g/mol. The average Bonchev–Trinajstić information content (AvgIpc) is 2.16. The summed E-state index contributed by atoms with van der Waals surface area (Å²) in [5, 5.41) is 5.85. The fourth-order valence-corrected chi connectivity index (χ4v) is 1.49. The first-order chi connectivity index (χ1) is 7.54. The second kappa shape index (κ2) is 5.61. The second-order valence-electron chi connectivity index (χ2n) is 3.57. The number of carbonyl (C=O) groups is 1. The molecule has 0 spiro atoms. The third kappa shape index (κ3) is 3.31.